The Balaban J connectivity index is 2.84. The van der Waals surface area contributed by atoms with Gasteiger partial charge >= 0.3 is 6.43 Å². The van der Waals surface area contributed by atoms with Crippen molar-refractivity contribution in [3.05, 3.63) is 35.4 Å². The van der Waals surface area contributed by atoms with Crippen LogP contribution in [0.2, 0.25) is 0 Å². The molecule has 0 aliphatic heterocycles. The minimum Gasteiger partial charge on any atom is -0.345 e. The molecular formula is C10H9F4NO. The molecule has 2 nitrogen and oxygen atoms in total. The van der Waals surface area contributed by atoms with E-state index in [0.29, 0.717) is 0 Å². The Hall–Kier alpha value is -1.59. The summed E-state index contributed by atoms with van der Waals surface area (Å²) in [5.74, 6) is -2.98. The van der Waals surface area contributed by atoms with Crippen LogP contribution in [0.1, 0.15) is 18.5 Å². The van der Waals surface area contributed by atoms with E-state index in [0.717, 1.165) is 18.2 Å². The van der Waals surface area contributed by atoms with Gasteiger partial charge in [0.1, 0.15) is 11.6 Å². The first-order valence-electron chi connectivity index (χ1n) is 4.45. The van der Waals surface area contributed by atoms with E-state index in [9.17, 15) is 22.4 Å². The van der Waals surface area contributed by atoms with Gasteiger partial charge in [-0.3, -0.25) is 4.79 Å². The van der Waals surface area contributed by atoms with Gasteiger partial charge < -0.3 is 5.32 Å². The van der Waals surface area contributed by atoms with Crippen LogP contribution in [-0.4, -0.2) is 12.3 Å². The lowest BCUT2D eigenvalue weighted by molar-refractivity contribution is -0.132. The van der Waals surface area contributed by atoms with Gasteiger partial charge in [-0.2, -0.15) is 8.78 Å². The fourth-order valence-electron chi connectivity index (χ4n) is 1.20. The Bertz CT molecular complexity index is 394. The van der Waals surface area contributed by atoms with Crippen LogP contribution in [0.15, 0.2) is 18.2 Å². The van der Waals surface area contributed by atoms with Crippen molar-refractivity contribution in [2.45, 2.75) is 19.4 Å². The van der Waals surface area contributed by atoms with Crippen LogP contribution in [0.4, 0.5) is 17.6 Å². The lowest BCUT2D eigenvalue weighted by Gasteiger charge is -2.14. The molecule has 0 bridgehead atoms. The first kappa shape index (κ1) is 12.5. The number of hydrogen-bond acceptors (Lipinski definition) is 1. The molecule has 88 valence electrons. The Morgan fingerprint density at radius 3 is 2.50 bits per heavy atom. The molecule has 0 radical (unpaired) electrons. The van der Waals surface area contributed by atoms with Crippen LogP contribution in [0.5, 0.6) is 0 Å². The van der Waals surface area contributed by atoms with Crippen molar-refractivity contribution in [2.24, 2.45) is 0 Å². The molecule has 0 fully saturated rings. The third kappa shape index (κ3) is 2.95. The third-order valence-electron chi connectivity index (χ3n) is 1.98. The number of nitrogens with one attached hydrogen (secondary N) is 1. The van der Waals surface area contributed by atoms with Crippen molar-refractivity contribution in [3.63, 3.8) is 0 Å². The van der Waals surface area contributed by atoms with Gasteiger partial charge in [0, 0.05) is 5.56 Å². The monoisotopic (exact) mass is 235 g/mol. The van der Waals surface area contributed by atoms with E-state index >= 15 is 0 Å². The second kappa shape index (κ2) is 4.96. The van der Waals surface area contributed by atoms with Crippen molar-refractivity contribution < 1.29 is 22.4 Å². The molecule has 6 heteroatoms. The van der Waals surface area contributed by atoms with Gasteiger partial charge in [0.15, 0.2) is 0 Å². The summed E-state index contributed by atoms with van der Waals surface area (Å²) in [6.07, 6.45) is -3.18. The zero-order valence-electron chi connectivity index (χ0n) is 8.31. The zero-order chi connectivity index (χ0) is 12.3. The molecule has 1 atom stereocenters. The summed E-state index contributed by atoms with van der Waals surface area (Å²) in [6.45, 7) is 1.29. The summed E-state index contributed by atoms with van der Waals surface area (Å²) >= 11 is 0. The van der Waals surface area contributed by atoms with Crippen LogP contribution >= 0.6 is 0 Å². The molecule has 1 aromatic rings. The van der Waals surface area contributed by atoms with Crippen LogP contribution in [0.25, 0.3) is 0 Å². The molecule has 0 saturated carbocycles. The smallest absolute Gasteiger partial charge is 0.315 e. The molecule has 0 heterocycles. The summed E-state index contributed by atoms with van der Waals surface area (Å²) in [5.41, 5.74) is -0.172. The molecule has 1 aromatic carbocycles. The van der Waals surface area contributed by atoms with Gasteiger partial charge in [0.25, 0.3) is 5.91 Å². The van der Waals surface area contributed by atoms with Crippen LogP contribution in [0, 0.1) is 11.6 Å². The quantitative estimate of drug-likeness (QED) is 0.801. The molecule has 1 amide bonds. The highest BCUT2D eigenvalue weighted by molar-refractivity contribution is 5.79. The molecule has 0 aliphatic rings. The van der Waals surface area contributed by atoms with Crippen molar-refractivity contribution in [1.29, 1.82) is 0 Å². The molecule has 0 saturated heterocycles. The second-order valence-corrected chi connectivity index (χ2v) is 3.20. The predicted octanol–water partition coefficient (Wildman–Crippen LogP) is 2.41. The molecule has 1 rings (SSSR count). The summed E-state index contributed by atoms with van der Waals surface area (Å²) in [6, 6.07) is 1.61. The van der Waals surface area contributed by atoms with E-state index in [4.69, 9.17) is 0 Å². The second-order valence-electron chi connectivity index (χ2n) is 3.20. The summed E-state index contributed by atoms with van der Waals surface area (Å²) in [4.78, 5) is 10.6. The van der Waals surface area contributed by atoms with Crippen molar-refractivity contribution in [3.8, 4) is 0 Å². The minimum absolute atomic E-state index is 0.172. The van der Waals surface area contributed by atoms with E-state index in [1.54, 1.807) is 0 Å². The highest BCUT2D eigenvalue weighted by atomic mass is 19.3. The minimum atomic E-state index is -3.18. The maximum Gasteiger partial charge on any atom is 0.315 e. The summed E-state index contributed by atoms with van der Waals surface area (Å²) in [5, 5.41) is 1.87. The number of rotatable bonds is 3. The van der Waals surface area contributed by atoms with Gasteiger partial charge in [0.05, 0.1) is 6.04 Å². The number of benzene rings is 1. The first-order valence-corrected chi connectivity index (χ1v) is 4.45. The first-order chi connectivity index (χ1) is 7.41. The number of amides is 1. The lowest BCUT2D eigenvalue weighted by atomic mass is 10.1. The van der Waals surface area contributed by atoms with E-state index in [1.165, 1.54) is 6.92 Å². The topological polar surface area (TPSA) is 29.1 Å². The Morgan fingerprint density at radius 2 is 1.94 bits per heavy atom. The normalized spacial score (nSPS) is 12.6. The van der Waals surface area contributed by atoms with Gasteiger partial charge in [-0.25, -0.2) is 8.78 Å². The Morgan fingerprint density at radius 1 is 1.31 bits per heavy atom. The Labute approximate surface area is 89.3 Å². The third-order valence-corrected chi connectivity index (χ3v) is 1.98. The van der Waals surface area contributed by atoms with Gasteiger partial charge in [-0.05, 0) is 25.1 Å². The van der Waals surface area contributed by atoms with Crippen LogP contribution in [0.3, 0.4) is 0 Å². The Kier molecular flexibility index (Phi) is 3.87. The van der Waals surface area contributed by atoms with Gasteiger partial charge in [0.2, 0.25) is 0 Å². The average molecular weight is 235 g/mol. The molecule has 16 heavy (non-hydrogen) atoms. The van der Waals surface area contributed by atoms with Crippen molar-refractivity contribution >= 4 is 5.91 Å². The molecule has 0 aromatic heterocycles. The van der Waals surface area contributed by atoms with E-state index in [2.05, 4.69) is 0 Å². The van der Waals surface area contributed by atoms with E-state index < -0.39 is 30.0 Å². The number of alkyl halides is 2. The molecule has 1 unspecified atom stereocenters. The average Bonchev–Trinajstić information content (AvgIpc) is 2.21. The zero-order valence-corrected chi connectivity index (χ0v) is 8.31. The highest BCUT2D eigenvalue weighted by Crippen LogP contribution is 2.18. The molecule has 0 aliphatic carbocycles. The SMILES string of the molecule is CC(NC(=O)C(F)F)c1cc(F)ccc1F. The lowest BCUT2D eigenvalue weighted by Crippen LogP contribution is -2.32. The predicted molar refractivity (Wildman–Crippen MR) is 48.9 cm³/mol. The van der Waals surface area contributed by atoms with Crippen molar-refractivity contribution in [2.75, 3.05) is 0 Å². The molecule has 1 N–H and O–H groups in total. The number of halogens is 4. The fourth-order valence-corrected chi connectivity index (χ4v) is 1.20. The standard InChI is InChI=1S/C10H9F4NO/c1-5(15-10(16)9(13)14)7-4-6(11)2-3-8(7)12/h2-5,9H,1H3,(H,15,16). The van der Waals surface area contributed by atoms with E-state index in [-0.39, 0.29) is 5.56 Å². The summed E-state index contributed by atoms with van der Waals surface area (Å²) < 4.78 is 49.8. The summed E-state index contributed by atoms with van der Waals surface area (Å²) in [7, 11) is 0. The van der Waals surface area contributed by atoms with Gasteiger partial charge in [-0.15, -0.1) is 0 Å². The van der Waals surface area contributed by atoms with Crippen molar-refractivity contribution in [1.82, 2.24) is 5.32 Å². The van der Waals surface area contributed by atoms with Crippen LogP contribution < -0.4 is 5.32 Å². The van der Waals surface area contributed by atoms with Crippen LogP contribution in [-0.2, 0) is 4.79 Å². The molecule has 0 spiro atoms. The van der Waals surface area contributed by atoms with Gasteiger partial charge in [-0.1, -0.05) is 0 Å². The largest absolute Gasteiger partial charge is 0.345 e. The number of carbonyl (C=O) groups is 1. The fraction of sp³-hybridized carbons (Fsp3) is 0.300. The number of hydrogen-bond donors (Lipinski definition) is 1. The highest BCUT2D eigenvalue weighted by Gasteiger charge is 2.20. The van der Waals surface area contributed by atoms with E-state index in [1.807, 2.05) is 5.32 Å². The molecular weight excluding hydrogens is 226 g/mol. The maximum atomic E-state index is 13.2. The number of carbonyl (C=O) groups excluding carboxylic acids is 1. The maximum absolute atomic E-state index is 13.2.